The molecule has 0 fully saturated rings. The van der Waals surface area contributed by atoms with Gasteiger partial charge in [0.1, 0.15) is 0 Å². The molecule has 2 rings (SSSR count). The van der Waals surface area contributed by atoms with E-state index in [0.717, 1.165) is 12.1 Å². The van der Waals surface area contributed by atoms with Gasteiger partial charge in [-0.05, 0) is 12.5 Å². The van der Waals surface area contributed by atoms with E-state index in [1.54, 1.807) is 11.3 Å². The smallest absolute Gasteiger partial charge is 0.180 e. The summed E-state index contributed by atoms with van der Waals surface area (Å²) < 4.78 is 0. The third kappa shape index (κ3) is 2.94. The Morgan fingerprint density at radius 2 is 1.93 bits per heavy atom. The van der Waals surface area contributed by atoms with E-state index in [1.807, 2.05) is 18.2 Å². The van der Waals surface area contributed by atoms with Gasteiger partial charge in [-0.15, -0.1) is 23.7 Å². The molecule has 1 aromatic heterocycles. The Kier molecular flexibility index (Phi) is 4.12. The van der Waals surface area contributed by atoms with Gasteiger partial charge >= 0.3 is 0 Å². The molecule has 2 N–H and O–H groups in total. The lowest BCUT2D eigenvalue weighted by molar-refractivity contribution is 1.09. The second-order valence-corrected chi connectivity index (χ2v) is 4.45. The van der Waals surface area contributed by atoms with Crippen LogP contribution < -0.4 is 5.73 Å². The highest BCUT2D eigenvalue weighted by molar-refractivity contribution is 7.15. The molecule has 0 bridgehead atoms. The highest BCUT2D eigenvalue weighted by Gasteiger charge is 2.05. The van der Waals surface area contributed by atoms with Crippen LogP contribution in [0.4, 0.5) is 5.13 Å². The number of nitrogen functional groups attached to an aromatic ring is 1. The number of hydrogen-bond acceptors (Lipinski definition) is 3. The summed E-state index contributed by atoms with van der Waals surface area (Å²) in [6.07, 6.45) is 0.875. The number of nitrogens with two attached hydrogens (primary N) is 1. The molecule has 1 aromatic carbocycles. The second-order valence-electron chi connectivity index (χ2n) is 3.22. The molecule has 0 spiro atoms. The second kappa shape index (κ2) is 5.14. The fourth-order valence-electron chi connectivity index (χ4n) is 1.40. The van der Waals surface area contributed by atoms with Crippen molar-refractivity contribution in [3.8, 4) is 0 Å². The summed E-state index contributed by atoms with van der Waals surface area (Å²) >= 11 is 1.56. The highest BCUT2D eigenvalue weighted by atomic mass is 35.5. The molecule has 4 heteroatoms. The number of benzene rings is 1. The number of aromatic nitrogens is 1. The standard InChI is InChI=1S/C11H12N2S.ClH/c1-8-10(13-11(12)14-8)7-9-5-3-2-4-6-9;/h2-6H,7H2,1H3,(H2,12,13);1H. The first-order chi connectivity index (χ1) is 6.75. The average Bonchev–Trinajstić information content (AvgIpc) is 2.47. The van der Waals surface area contributed by atoms with E-state index >= 15 is 0 Å². The van der Waals surface area contributed by atoms with Crippen LogP contribution in [0.2, 0.25) is 0 Å². The quantitative estimate of drug-likeness (QED) is 0.877. The largest absolute Gasteiger partial charge is 0.375 e. The van der Waals surface area contributed by atoms with E-state index in [4.69, 9.17) is 5.73 Å². The minimum Gasteiger partial charge on any atom is -0.375 e. The first-order valence-corrected chi connectivity index (χ1v) is 5.33. The molecule has 0 atom stereocenters. The molecule has 80 valence electrons. The van der Waals surface area contributed by atoms with Crippen molar-refractivity contribution >= 4 is 28.9 Å². The van der Waals surface area contributed by atoms with Crippen LogP contribution in [0, 0.1) is 6.92 Å². The van der Waals surface area contributed by atoms with Crippen molar-refractivity contribution in [2.75, 3.05) is 5.73 Å². The van der Waals surface area contributed by atoms with E-state index < -0.39 is 0 Å². The summed E-state index contributed by atoms with van der Waals surface area (Å²) in [6, 6.07) is 10.3. The Morgan fingerprint density at radius 3 is 2.47 bits per heavy atom. The lowest BCUT2D eigenvalue weighted by Gasteiger charge is -1.98. The number of rotatable bonds is 2. The summed E-state index contributed by atoms with van der Waals surface area (Å²) in [4.78, 5) is 5.52. The molecule has 0 radical (unpaired) electrons. The number of halogens is 1. The predicted octanol–water partition coefficient (Wildman–Crippen LogP) is 3.05. The van der Waals surface area contributed by atoms with Crippen molar-refractivity contribution in [1.82, 2.24) is 4.98 Å². The number of nitrogens with zero attached hydrogens (tertiary/aromatic N) is 1. The Morgan fingerprint density at radius 1 is 1.27 bits per heavy atom. The van der Waals surface area contributed by atoms with Gasteiger partial charge in [0.25, 0.3) is 0 Å². The molecular weight excluding hydrogens is 228 g/mol. The molecule has 2 nitrogen and oxygen atoms in total. The van der Waals surface area contributed by atoms with Gasteiger partial charge in [0.2, 0.25) is 0 Å². The molecule has 0 aliphatic heterocycles. The maximum Gasteiger partial charge on any atom is 0.180 e. The van der Waals surface area contributed by atoms with Crippen LogP contribution in [0.1, 0.15) is 16.1 Å². The molecule has 0 amide bonds. The summed E-state index contributed by atoms with van der Waals surface area (Å²) in [5, 5.41) is 0.661. The molecule has 0 saturated carbocycles. The Balaban J connectivity index is 0.00000112. The van der Waals surface area contributed by atoms with Gasteiger partial charge in [-0.25, -0.2) is 4.98 Å². The van der Waals surface area contributed by atoms with Gasteiger partial charge in [0.15, 0.2) is 5.13 Å². The number of aryl methyl sites for hydroxylation is 1. The molecule has 0 aliphatic rings. The Bertz CT molecular complexity index is 425. The van der Waals surface area contributed by atoms with Crippen molar-refractivity contribution in [2.24, 2.45) is 0 Å². The molecule has 0 saturated heterocycles. The van der Waals surface area contributed by atoms with E-state index in [9.17, 15) is 0 Å². The minimum absolute atomic E-state index is 0. The molecule has 1 heterocycles. The van der Waals surface area contributed by atoms with Crippen molar-refractivity contribution in [2.45, 2.75) is 13.3 Å². The van der Waals surface area contributed by atoms with Crippen LogP contribution in [-0.4, -0.2) is 4.98 Å². The average molecular weight is 241 g/mol. The van der Waals surface area contributed by atoms with Gasteiger partial charge in [0.05, 0.1) is 5.69 Å². The first kappa shape index (κ1) is 12.0. The van der Waals surface area contributed by atoms with Crippen LogP contribution >= 0.6 is 23.7 Å². The third-order valence-corrected chi connectivity index (χ3v) is 2.97. The van der Waals surface area contributed by atoms with E-state index in [-0.39, 0.29) is 12.4 Å². The maximum absolute atomic E-state index is 5.64. The Hall–Kier alpha value is -1.06. The van der Waals surface area contributed by atoms with Gasteiger partial charge < -0.3 is 5.73 Å². The van der Waals surface area contributed by atoms with Crippen molar-refractivity contribution in [3.05, 3.63) is 46.5 Å². The van der Waals surface area contributed by atoms with Gasteiger partial charge in [-0.1, -0.05) is 30.3 Å². The normalized spacial score (nSPS) is 9.67. The van der Waals surface area contributed by atoms with E-state index in [2.05, 4.69) is 24.0 Å². The summed E-state index contributed by atoms with van der Waals surface area (Å²) in [5.74, 6) is 0. The fourth-order valence-corrected chi connectivity index (χ4v) is 2.11. The van der Waals surface area contributed by atoms with Gasteiger partial charge in [0, 0.05) is 11.3 Å². The maximum atomic E-state index is 5.64. The van der Waals surface area contributed by atoms with Crippen LogP contribution in [0.3, 0.4) is 0 Å². The van der Waals surface area contributed by atoms with Gasteiger partial charge in [-0.2, -0.15) is 0 Å². The first-order valence-electron chi connectivity index (χ1n) is 4.51. The number of anilines is 1. The van der Waals surface area contributed by atoms with Crippen molar-refractivity contribution in [3.63, 3.8) is 0 Å². The van der Waals surface area contributed by atoms with Crippen LogP contribution in [0.15, 0.2) is 30.3 Å². The molecule has 15 heavy (non-hydrogen) atoms. The summed E-state index contributed by atoms with van der Waals surface area (Å²) in [6.45, 7) is 2.06. The van der Waals surface area contributed by atoms with E-state index in [1.165, 1.54) is 10.4 Å². The predicted molar refractivity (Wildman–Crippen MR) is 67.8 cm³/mol. The SMILES string of the molecule is Cc1sc(N)nc1Cc1ccccc1.Cl. The van der Waals surface area contributed by atoms with Gasteiger partial charge in [-0.3, -0.25) is 0 Å². The zero-order valence-corrected chi connectivity index (χ0v) is 10.1. The van der Waals surface area contributed by atoms with Crippen LogP contribution in [-0.2, 0) is 6.42 Å². The molecule has 0 unspecified atom stereocenters. The molecular formula is C11H13ClN2S. The van der Waals surface area contributed by atoms with Crippen molar-refractivity contribution in [1.29, 1.82) is 0 Å². The lowest BCUT2D eigenvalue weighted by Crippen LogP contribution is -1.91. The minimum atomic E-state index is 0. The Labute approximate surface area is 99.6 Å². The zero-order chi connectivity index (χ0) is 9.97. The third-order valence-electron chi connectivity index (χ3n) is 2.12. The number of hydrogen-bond donors (Lipinski definition) is 1. The van der Waals surface area contributed by atoms with Crippen LogP contribution in [0.25, 0.3) is 0 Å². The monoisotopic (exact) mass is 240 g/mol. The van der Waals surface area contributed by atoms with E-state index in [0.29, 0.717) is 5.13 Å². The lowest BCUT2D eigenvalue weighted by atomic mass is 10.1. The number of thiazole rings is 1. The summed E-state index contributed by atoms with van der Waals surface area (Å²) in [5.41, 5.74) is 8.02. The van der Waals surface area contributed by atoms with Crippen molar-refractivity contribution < 1.29 is 0 Å². The molecule has 2 aromatic rings. The molecule has 0 aliphatic carbocycles. The van der Waals surface area contributed by atoms with Crippen LogP contribution in [0.5, 0.6) is 0 Å². The zero-order valence-electron chi connectivity index (χ0n) is 8.43. The fraction of sp³-hybridized carbons (Fsp3) is 0.182. The highest BCUT2D eigenvalue weighted by Crippen LogP contribution is 2.21. The topological polar surface area (TPSA) is 38.9 Å². The summed E-state index contributed by atoms with van der Waals surface area (Å²) in [7, 11) is 0.